The number of imidazole rings is 2. The summed E-state index contributed by atoms with van der Waals surface area (Å²) in [4.78, 5) is 26.1. The van der Waals surface area contributed by atoms with Gasteiger partial charge in [-0.05, 0) is 38.5 Å². The molecule has 3 aromatic rings. The third kappa shape index (κ3) is 7.12. The summed E-state index contributed by atoms with van der Waals surface area (Å²) in [7, 11) is 0. The van der Waals surface area contributed by atoms with Gasteiger partial charge in [0.25, 0.3) is 0 Å². The van der Waals surface area contributed by atoms with Crippen molar-refractivity contribution >= 4 is 5.95 Å². The summed E-state index contributed by atoms with van der Waals surface area (Å²) in [6.45, 7) is 15.0. The Morgan fingerprint density at radius 3 is 1.51 bits per heavy atom. The first-order chi connectivity index (χ1) is 17.0. The second-order valence-electron chi connectivity index (χ2n) is 9.66. The van der Waals surface area contributed by atoms with E-state index in [9.17, 15) is 0 Å². The van der Waals surface area contributed by atoms with E-state index in [1.165, 1.54) is 38.5 Å². The fraction of sp³-hybridized carbons (Fsp3) is 0.667. The van der Waals surface area contributed by atoms with Gasteiger partial charge in [0, 0.05) is 37.9 Å². The third-order valence-corrected chi connectivity index (χ3v) is 7.01. The Kier molecular flexibility index (Phi) is 10.2. The average Bonchev–Trinajstić information content (AvgIpc) is 3.50. The molecule has 0 saturated carbocycles. The lowest BCUT2D eigenvalue weighted by atomic mass is 9.96. The molecule has 0 amide bonds. The molecule has 2 unspecified atom stereocenters. The maximum absolute atomic E-state index is 5.00. The zero-order valence-corrected chi connectivity index (χ0v) is 22.6. The molecule has 0 aromatic carbocycles. The lowest BCUT2D eigenvalue weighted by molar-refractivity contribution is 0.400. The van der Waals surface area contributed by atoms with Crippen molar-refractivity contribution in [2.45, 2.75) is 92.9 Å². The van der Waals surface area contributed by atoms with Crippen molar-refractivity contribution in [2.75, 3.05) is 18.0 Å². The Balaban J connectivity index is 2.06. The number of aromatic nitrogens is 7. The Hall–Kier alpha value is -2.77. The van der Waals surface area contributed by atoms with E-state index in [0.717, 1.165) is 43.5 Å². The van der Waals surface area contributed by atoms with Crippen molar-refractivity contribution < 1.29 is 0 Å². The van der Waals surface area contributed by atoms with Crippen molar-refractivity contribution in [3.63, 3.8) is 0 Å². The molecule has 2 atom stereocenters. The van der Waals surface area contributed by atoms with Crippen LogP contribution in [-0.4, -0.2) is 47.1 Å². The van der Waals surface area contributed by atoms with Crippen LogP contribution in [-0.2, 0) is 0 Å². The summed E-state index contributed by atoms with van der Waals surface area (Å²) >= 11 is 0. The highest BCUT2D eigenvalue weighted by atomic mass is 15.4. The van der Waals surface area contributed by atoms with Crippen LogP contribution in [0.5, 0.6) is 0 Å². The van der Waals surface area contributed by atoms with Gasteiger partial charge in [-0.3, -0.25) is 9.13 Å². The summed E-state index contributed by atoms with van der Waals surface area (Å²) in [5.41, 5.74) is 0. The van der Waals surface area contributed by atoms with E-state index in [4.69, 9.17) is 15.0 Å². The molecule has 0 saturated heterocycles. The molecule has 35 heavy (non-hydrogen) atoms. The molecule has 3 heterocycles. The quantitative estimate of drug-likeness (QED) is 0.262. The molecule has 8 heteroatoms. The molecule has 0 fully saturated rings. The average molecular weight is 481 g/mol. The molecule has 192 valence electrons. The number of rotatable bonds is 15. The van der Waals surface area contributed by atoms with Crippen molar-refractivity contribution in [1.29, 1.82) is 0 Å². The summed E-state index contributed by atoms with van der Waals surface area (Å²) in [6.07, 6.45) is 17.2. The minimum atomic E-state index is 0.598. The van der Waals surface area contributed by atoms with Crippen LogP contribution in [0.15, 0.2) is 24.8 Å². The van der Waals surface area contributed by atoms with Gasteiger partial charge in [0.1, 0.15) is 11.6 Å². The molecule has 0 aliphatic heterocycles. The minimum Gasteiger partial charge on any atom is -0.340 e. The van der Waals surface area contributed by atoms with E-state index in [2.05, 4.69) is 42.6 Å². The van der Waals surface area contributed by atoms with Gasteiger partial charge in [-0.2, -0.15) is 15.0 Å². The molecule has 3 aromatic heterocycles. The van der Waals surface area contributed by atoms with Gasteiger partial charge in [0.2, 0.25) is 17.8 Å². The van der Waals surface area contributed by atoms with Crippen molar-refractivity contribution in [3.8, 4) is 11.9 Å². The van der Waals surface area contributed by atoms with Crippen LogP contribution in [0.25, 0.3) is 11.9 Å². The van der Waals surface area contributed by atoms with Gasteiger partial charge in [-0.15, -0.1) is 0 Å². The van der Waals surface area contributed by atoms with Crippen LogP contribution >= 0.6 is 0 Å². The van der Waals surface area contributed by atoms with E-state index < -0.39 is 0 Å². The first-order valence-corrected chi connectivity index (χ1v) is 13.5. The molecule has 0 aliphatic rings. The van der Waals surface area contributed by atoms with E-state index in [-0.39, 0.29) is 0 Å². The van der Waals surface area contributed by atoms with Crippen LogP contribution in [0, 0.1) is 25.7 Å². The highest BCUT2D eigenvalue weighted by molar-refractivity contribution is 5.37. The molecule has 0 radical (unpaired) electrons. The normalized spacial score (nSPS) is 13.2. The lowest BCUT2D eigenvalue weighted by Crippen LogP contribution is -2.36. The van der Waals surface area contributed by atoms with Crippen LogP contribution in [0.2, 0.25) is 0 Å². The fourth-order valence-electron chi connectivity index (χ4n) is 4.57. The monoisotopic (exact) mass is 480 g/mol. The second kappa shape index (κ2) is 13.4. The maximum Gasteiger partial charge on any atom is 0.241 e. The summed E-state index contributed by atoms with van der Waals surface area (Å²) < 4.78 is 3.86. The minimum absolute atomic E-state index is 0.598. The topological polar surface area (TPSA) is 77.5 Å². The van der Waals surface area contributed by atoms with Gasteiger partial charge in [0.15, 0.2) is 0 Å². The first kappa shape index (κ1) is 26.8. The van der Waals surface area contributed by atoms with Gasteiger partial charge >= 0.3 is 0 Å². The smallest absolute Gasteiger partial charge is 0.241 e. The summed E-state index contributed by atoms with van der Waals surface area (Å²) in [6, 6.07) is 0. The number of anilines is 1. The highest BCUT2D eigenvalue weighted by Gasteiger charge is 2.22. The number of aryl methyl sites for hydroxylation is 2. The predicted octanol–water partition coefficient (Wildman–Crippen LogP) is 6.10. The Morgan fingerprint density at radius 1 is 0.714 bits per heavy atom. The van der Waals surface area contributed by atoms with Gasteiger partial charge < -0.3 is 4.90 Å². The van der Waals surface area contributed by atoms with E-state index in [1.54, 1.807) is 12.4 Å². The molecular weight excluding hydrogens is 436 g/mol. The molecule has 0 N–H and O–H groups in total. The van der Waals surface area contributed by atoms with Crippen molar-refractivity contribution in [1.82, 2.24) is 34.1 Å². The zero-order valence-electron chi connectivity index (χ0n) is 22.6. The molecule has 8 nitrogen and oxygen atoms in total. The van der Waals surface area contributed by atoms with Crippen molar-refractivity contribution in [2.24, 2.45) is 11.8 Å². The maximum atomic E-state index is 5.00. The molecule has 3 rings (SSSR count). The van der Waals surface area contributed by atoms with Crippen LogP contribution < -0.4 is 4.90 Å². The van der Waals surface area contributed by atoms with E-state index in [0.29, 0.717) is 23.7 Å². The lowest BCUT2D eigenvalue weighted by Gasteiger charge is -2.31. The highest BCUT2D eigenvalue weighted by Crippen LogP contribution is 2.23. The zero-order chi connectivity index (χ0) is 25.2. The van der Waals surface area contributed by atoms with Crippen LogP contribution in [0.4, 0.5) is 5.95 Å². The second-order valence-corrected chi connectivity index (χ2v) is 9.66. The number of hydrogen-bond donors (Lipinski definition) is 0. The number of nitrogens with zero attached hydrogens (tertiary/aromatic N) is 8. The molecular formula is C27H44N8. The van der Waals surface area contributed by atoms with Crippen LogP contribution in [0.1, 0.15) is 90.7 Å². The molecule has 0 aliphatic carbocycles. The van der Waals surface area contributed by atoms with Gasteiger partial charge in [0.05, 0.1) is 0 Å². The van der Waals surface area contributed by atoms with Crippen LogP contribution in [0.3, 0.4) is 0 Å². The van der Waals surface area contributed by atoms with E-state index >= 15 is 0 Å². The van der Waals surface area contributed by atoms with Gasteiger partial charge in [-0.25, -0.2) is 9.97 Å². The van der Waals surface area contributed by atoms with Gasteiger partial charge in [-0.1, -0.05) is 66.2 Å². The first-order valence-electron chi connectivity index (χ1n) is 13.5. The number of hydrogen-bond acceptors (Lipinski definition) is 6. The summed E-state index contributed by atoms with van der Waals surface area (Å²) in [5, 5.41) is 0. The summed E-state index contributed by atoms with van der Waals surface area (Å²) in [5.74, 6) is 4.88. The largest absolute Gasteiger partial charge is 0.340 e. The predicted molar refractivity (Wildman–Crippen MR) is 142 cm³/mol. The SMILES string of the molecule is CCCCC(CC)CN(CC(CC)CCCC)c1nc(-n2ccnc2C)nc(-n2ccnc2C)n1. The standard InChI is InChI=1S/C27H44N8/c1-7-11-13-23(9-3)19-33(20-24(10-4)14-12-8-2)25-30-26(34-17-15-28-21(34)5)32-27(31-25)35-18-16-29-22(35)6/h15-18,23-24H,7-14,19-20H2,1-6H3. The third-order valence-electron chi connectivity index (χ3n) is 7.01. The van der Waals surface area contributed by atoms with Crippen molar-refractivity contribution in [3.05, 3.63) is 36.4 Å². The molecule has 0 spiro atoms. The molecule has 0 bridgehead atoms. The number of unbranched alkanes of at least 4 members (excludes halogenated alkanes) is 2. The Labute approximate surface area is 211 Å². The Morgan fingerprint density at radius 2 is 1.17 bits per heavy atom. The van der Waals surface area contributed by atoms with E-state index in [1.807, 2.05) is 35.4 Å². The Bertz CT molecular complexity index is 947. The fourth-order valence-corrected chi connectivity index (χ4v) is 4.57.